The van der Waals surface area contributed by atoms with Crippen LogP contribution < -0.4 is 10.5 Å². The second-order valence-electron chi connectivity index (χ2n) is 9.26. The van der Waals surface area contributed by atoms with Crippen LogP contribution in [-0.4, -0.2) is 34.7 Å². The summed E-state index contributed by atoms with van der Waals surface area (Å²) in [7, 11) is 0. The van der Waals surface area contributed by atoms with Crippen molar-refractivity contribution in [3.8, 4) is 5.75 Å². The summed E-state index contributed by atoms with van der Waals surface area (Å²) in [6.45, 7) is 5.12. The lowest BCUT2D eigenvalue weighted by Gasteiger charge is -2.29. The minimum Gasteiger partial charge on any atom is -0.491 e. The van der Waals surface area contributed by atoms with Gasteiger partial charge in [0.1, 0.15) is 18.5 Å². The van der Waals surface area contributed by atoms with Crippen molar-refractivity contribution in [2.75, 3.05) is 18.9 Å². The molecule has 9 heteroatoms. The van der Waals surface area contributed by atoms with Crippen LogP contribution in [0.25, 0.3) is 0 Å². The van der Waals surface area contributed by atoms with Gasteiger partial charge in [0.05, 0.1) is 25.0 Å². The van der Waals surface area contributed by atoms with Gasteiger partial charge in [-0.25, -0.2) is 4.98 Å². The summed E-state index contributed by atoms with van der Waals surface area (Å²) in [5, 5.41) is 0. The van der Waals surface area contributed by atoms with E-state index in [1.165, 1.54) is 12.1 Å². The molecule has 0 amide bonds. The van der Waals surface area contributed by atoms with Crippen LogP contribution in [0.3, 0.4) is 0 Å². The molecule has 36 heavy (non-hydrogen) atoms. The van der Waals surface area contributed by atoms with Gasteiger partial charge in [0.2, 0.25) is 0 Å². The number of hydrogen-bond donors (Lipinski definition) is 1. The van der Waals surface area contributed by atoms with E-state index in [9.17, 15) is 13.2 Å². The number of alkyl halides is 3. The molecule has 4 rings (SSSR count). The molecule has 2 heterocycles. The third-order valence-electron chi connectivity index (χ3n) is 6.33. The van der Waals surface area contributed by atoms with E-state index in [1.54, 1.807) is 12.4 Å². The van der Waals surface area contributed by atoms with Gasteiger partial charge in [-0.1, -0.05) is 25.5 Å². The quantitative estimate of drug-likeness (QED) is 0.367. The molecule has 0 unspecified atom stereocenters. The monoisotopic (exact) mass is 503 g/mol. The van der Waals surface area contributed by atoms with Crippen LogP contribution in [0.15, 0.2) is 55.0 Å². The van der Waals surface area contributed by atoms with Gasteiger partial charge in [-0.15, -0.1) is 0 Å². The number of nitrogen functional groups attached to an aromatic ring is 1. The first-order valence-corrected chi connectivity index (χ1v) is 12.1. The number of benzene rings is 2. The molecule has 2 atom stereocenters. The number of rotatable bonds is 10. The molecule has 1 aromatic heterocycles. The fourth-order valence-electron chi connectivity index (χ4n) is 4.42. The third kappa shape index (κ3) is 6.39. The number of aryl methyl sites for hydroxylation is 3. The molecule has 3 aromatic rings. The van der Waals surface area contributed by atoms with E-state index in [0.29, 0.717) is 38.3 Å². The zero-order valence-electron chi connectivity index (χ0n) is 20.6. The fraction of sp³-hybridized carbons (Fsp3) is 0.444. The Kier molecular flexibility index (Phi) is 7.90. The van der Waals surface area contributed by atoms with Crippen molar-refractivity contribution < 1.29 is 27.4 Å². The summed E-state index contributed by atoms with van der Waals surface area (Å²) >= 11 is 0. The molecule has 0 aliphatic carbocycles. The second-order valence-corrected chi connectivity index (χ2v) is 9.26. The van der Waals surface area contributed by atoms with Gasteiger partial charge in [0, 0.05) is 24.0 Å². The minimum atomic E-state index is -4.36. The molecule has 194 valence electrons. The van der Waals surface area contributed by atoms with Gasteiger partial charge in [0.15, 0.2) is 5.79 Å². The van der Waals surface area contributed by atoms with Crippen molar-refractivity contribution in [2.24, 2.45) is 0 Å². The number of hydrogen-bond acceptors (Lipinski definition) is 5. The summed E-state index contributed by atoms with van der Waals surface area (Å²) in [5.74, 6) is -0.217. The maximum atomic E-state index is 12.9. The van der Waals surface area contributed by atoms with Crippen LogP contribution in [0.5, 0.6) is 5.75 Å². The van der Waals surface area contributed by atoms with E-state index in [-0.39, 0.29) is 6.10 Å². The standard InChI is InChI=1S/C27H32F3N3O3/c1-3-4-23-14-32-18-33(23)17-26(12-11-20-5-7-21(8-6-20)27(28,29)30)35-16-24(36-26)15-34-25-10-9-22(31)13-19(25)2/h5-10,13-14,18,24H,3-4,11-12,15-17,31H2,1-2H3/t24-,26-/m0/s1. The molecule has 0 saturated carbocycles. The van der Waals surface area contributed by atoms with Gasteiger partial charge in [0.25, 0.3) is 0 Å². The first-order chi connectivity index (χ1) is 17.2. The first kappa shape index (κ1) is 26.0. The molecule has 1 aliphatic rings. The van der Waals surface area contributed by atoms with E-state index in [0.717, 1.165) is 47.5 Å². The highest BCUT2D eigenvalue weighted by atomic mass is 19.4. The molecule has 6 nitrogen and oxygen atoms in total. The Labute approximate surface area is 209 Å². The Balaban J connectivity index is 1.46. The highest BCUT2D eigenvalue weighted by Crippen LogP contribution is 2.33. The van der Waals surface area contributed by atoms with Gasteiger partial charge in [-0.05, 0) is 61.2 Å². The van der Waals surface area contributed by atoms with E-state index < -0.39 is 17.5 Å². The number of imidazole rings is 1. The maximum Gasteiger partial charge on any atom is 0.416 e. The Morgan fingerprint density at radius 3 is 2.64 bits per heavy atom. The summed E-state index contributed by atoms with van der Waals surface area (Å²) in [4.78, 5) is 4.29. The normalized spacial score (nSPS) is 20.1. The SMILES string of the molecule is CCCc1cncn1C[C@@]1(CCc2ccc(C(F)(F)F)cc2)OC[C@H](COc2ccc(N)cc2C)O1. The predicted molar refractivity (Wildman–Crippen MR) is 131 cm³/mol. The smallest absolute Gasteiger partial charge is 0.416 e. The molecular weight excluding hydrogens is 471 g/mol. The number of anilines is 1. The topological polar surface area (TPSA) is 71.5 Å². The fourth-order valence-corrected chi connectivity index (χ4v) is 4.42. The van der Waals surface area contributed by atoms with E-state index in [1.807, 2.05) is 29.8 Å². The zero-order valence-corrected chi connectivity index (χ0v) is 20.6. The van der Waals surface area contributed by atoms with Crippen molar-refractivity contribution in [1.82, 2.24) is 9.55 Å². The molecule has 1 saturated heterocycles. The minimum absolute atomic E-state index is 0.298. The molecule has 1 aliphatic heterocycles. The number of halogens is 3. The molecule has 2 N–H and O–H groups in total. The zero-order chi connectivity index (χ0) is 25.8. The van der Waals surface area contributed by atoms with Crippen molar-refractivity contribution in [1.29, 1.82) is 0 Å². The molecule has 0 radical (unpaired) electrons. The highest BCUT2D eigenvalue weighted by molar-refractivity contribution is 5.47. The largest absolute Gasteiger partial charge is 0.491 e. The lowest BCUT2D eigenvalue weighted by atomic mass is 10.0. The average molecular weight is 504 g/mol. The van der Waals surface area contributed by atoms with Crippen molar-refractivity contribution >= 4 is 5.69 Å². The van der Waals surface area contributed by atoms with Crippen LogP contribution in [0.1, 0.15) is 42.1 Å². The molecule has 0 bridgehead atoms. The Morgan fingerprint density at radius 2 is 1.94 bits per heavy atom. The molecule has 2 aromatic carbocycles. The summed E-state index contributed by atoms with van der Waals surface area (Å²) in [6.07, 6.45) is 1.77. The van der Waals surface area contributed by atoms with E-state index >= 15 is 0 Å². The van der Waals surface area contributed by atoms with Crippen LogP contribution in [0, 0.1) is 6.92 Å². The molecular formula is C27H32F3N3O3. The van der Waals surface area contributed by atoms with Gasteiger partial charge < -0.3 is 24.5 Å². The van der Waals surface area contributed by atoms with Crippen molar-refractivity contribution in [3.63, 3.8) is 0 Å². The van der Waals surface area contributed by atoms with Crippen LogP contribution in [-0.2, 0) is 35.0 Å². The first-order valence-electron chi connectivity index (χ1n) is 12.1. The van der Waals surface area contributed by atoms with Crippen molar-refractivity contribution in [2.45, 2.75) is 64.1 Å². The number of nitrogens with two attached hydrogens (primary N) is 1. The third-order valence-corrected chi connectivity index (χ3v) is 6.33. The highest BCUT2D eigenvalue weighted by Gasteiger charge is 2.42. The number of ether oxygens (including phenoxy) is 3. The van der Waals surface area contributed by atoms with Gasteiger partial charge in [-0.3, -0.25) is 0 Å². The lowest BCUT2D eigenvalue weighted by Crippen LogP contribution is -2.38. The number of aromatic nitrogens is 2. The van der Waals surface area contributed by atoms with Crippen LogP contribution in [0.2, 0.25) is 0 Å². The van der Waals surface area contributed by atoms with Crippen molar-refractivity contribution in [3.05, 3.63) is 77.4 Å². The Hall–Kier alpha value is -3.04. The number of nitrogens with zero attached hydrogens (tertiary/aromatic N) is 2. The Bertz CT molecular complexity index is 1150. The average Bonchev–Trinajstić information content (AvgIpc) is 3.44. The lowest BCUT2D eigenvalue weighted by molar-refractivity contribution is -0.184. The van der Waals surface area contributed by atoms with Gasteiger partial charge >= 0.3 is 6.18 Å². The maximum absolute atomic E-state index is 12.9. The summed E-state index contributed by atoms with van der Waals surface area (Å²) < 4.78 is 59.5. The van der Waals surface area contributed by atoms with E-state index in [2.05, 4.69) is 11.9 Å². The summed E-state index contributed by atoms with van der Waals surface area (Å²) in [5.41, 5.74) is 8.64. The summed E-state index contributed by atoms with van der Waals surface area (Å²) in [6, 6.07) is 10.7. The Morgan fingerprint density at radius 1 is 1.17 bits per heavy atom. The van der Waals surface area contributed by atoms with Crippen LogP contribution >= 0.6 is 0 Å². The van der Waals surface area contributed by atoms with E-state index in [4.69, 9.17) is 19.9 Å². The second kappa shape index (κ2) is 10.9. The predicted octanol–water partition coefficient (Wildman–Crippen LogP) is 5.57. The van der Waals surface area contributed by atoms with Crippen LogP contribution in [0.4, 0.5) is 18.9 Å². The molecule has 0 spiro atoms. The van der Waals surface area contributed by atoms with Gasteiger partial charge in [-0.2, -0.15) is 13.2 Å². The molecule has 1 fully saturated rings.